The van der Waals surface area contributed by atoms with Gasteiger partial charge in [0, 0.05) is 12.0 Å². The molecule has 0 aliphatic carbocycles. The van der Waals surface area contributed by atoms with Crippen molar-refractivity contribution in [3.8, 4) is 0 Å². The fourth-order valence-electron chi connectivity index (χ4n) is 1.65. The monoisotopic (exact) mass is 393 g/mol. The number of nitrogens with zero attached hydrogens (tertiary/aromatic N) is 2. The van der Waals surface area contributed by atoms with Crippen LogP contribution in [0.2, 0.25) is 0 Å². The van der Waals surface area contributed by atoms with Crippen molar-refractivity contribution in [2.75, 3.05) is 17.6 Å². The van der Waals surface area contributed by atoms with Crippen LogP contribution in [0.15, 0.2) is 0 Å². The molecular weight excluding hydrogens is 369 g/mol. The van der Waals surface area contributed by atoms with Crippen molar-refractivity contribution in [1.29, 1.82) is 0 Å². The largest absolute Gasteiger partial charge is 0.369 e. The number of rotatable bonds is 6. The molecular formula is C14H24IN3S. The maximum atomic E-state index is 4.78. The molecule has 3 nitrogen and oxygen atoms in total. The molecule has 0 radical (unpaired) electrons. The fraction of sp³-hybridized carbons (Fsp3) is 0.714. The molecule has 0 spiro atoms. The highest BCUT2D eigenvalue weighted by Gasteiger charge is 2.22. The molecule has 0 fully saturated rings. The summed E-state index contributed by atoms with van der Waals surface area (Å²) in [5, 5.41) is 3.35. The van der Waals surface area contributed by atoms with Crippen molar-refractivity contribution in [2.24, 2.45) is 0 Å². The third-order valence-corrected chi connectivity index (χ3v) is 4.71. The molecule has 1 rings (SSSR count). The van der Waals surface area contributed by atoms with Gasteiger partial charge in [-0.1, -0.05) is 27.7 Å². The number of halogens is 1. The van der Waals surface area contributed by atoms with E-state index in [9.17, 15) is 0 Å². The Hall–Kier alpha value is -0.0400. The Bertz CT molecular complexity index is 416. The van der Waals surface area contributed by atoms with E-state index in [2.05, 4.69) is 67.5 Å². The van der Waals surface area contributed by atoms with Gasteiger partial charge in [-0.2, -0.15) is 11.8 Å². The third-order valence-electron chi connectivity index (χ3n) is 2.53. The van der Waals surface area contributed by atoms with Gasteiger partial charge in [-0.3, -0.25) is 0 Å². The van der Waals surface area contributed by atoms with Crippen LogP contribution in [0.4, 0.5) is 5.82 Å². The molecule has 0 saturated heterocycles. The second kappa shape index (κ2) is 7.67. The lowest BCUT2D eigenvalue weighted by Crippen LogP contribution is -2.19. The first-order valence-electron chi connectivity index (χ1n) is 6.78. The van der Waals surface area contributed by atoms with Crippen molar-refractivity contribution in [3.63, 3.8) is 0 Å². The number of nitrogens with one attached hydrogen (secondary N) is 1. The Morgan fingerprint density at radius 2 is 1.89 bits per heavy atom. The first-order valence-corrected chi connectivity index (χ1v) is 9.02. The van der Waals surface area contributed by atoms with Gasteiger partial charge in [-0.05, 0) is 41.7 Å². The lowest BCUT2D eigenvalue weighted by Gasteiger charge is -2.22. The van der Waals surface area contributed by atoms with E-state index >= 15 is 0 Å². The first-order chi connectivity index (χ1) is 8.90. The zero-order valence-corrected chi connectivity index (χ0v) is 15.5. The van der Waals surface area contributed by atoms with Gasteiger partial charge in [0.25, 0.3) is 0 Å². The summed E-state index contributed by atoms with van der Waals surface area (Å²) in [5.41, 5.74) is 1.19. The van der Waals surface area contributed by atoms with Crippen LogP contribution in [0.3, 0.4) is 0 Å². The molecule has 5 heteroatoms. The number of hydrogen-bond acceptors (Lipinski definition) is 4. The van der Waals surface area contributed by atoms with Gasteiger partial charge >= 0.3 is 0 Å². The summed E-state index contributed by atoms with van der Waals surface area (Å²) in [6.45, 7) is 11.8. The minimum Gasteiger partial charge on any atom is -0.369 e. The summed E-state index contributed by atoms with van der Waals surface area (Å²) in [6, 6.07) is 0. The summed E-state index contributed by atoms with van der Waals surface area (Å²) in [6.07, 6.45) is 1.20. The van der Waals surface area contributed by atoms with Crippen LogP contribution >= 0.6 is 34.4 Å². The van der Waals surface area contributed by atoms with Crippen LogP contribution in [0.25, 0.3) is 0 Å². The predicted molar refractivity (Wildman–Crippen MR) is 94.1 cm³/mol. The third kappa shape index (κ3) is 5.10. The highest BCUT2D eigenvalue weighted by atomic mass is 127. The van der Waals surface area contributed by atoms with Crippen LogP contribution in [-0.4, -0.2) is 22.3 Å². The van der Waals surface area contributed by atoms with E-state index in [0.717, 1.165) is 39.0 Å². The van der Waals surface area contributed by atoms with E-state index in [1.54, 1.807) is 0 Å². The van der Waals surface area contributed by atoms with Crippen LogP contribution < -0.4 is 5.32 Å². The molecule has 19 heavy (non-hydrogen) atoms. The van der Waals surface area contributed by atoms with Crippen LogP contribution in [-0.2, 0) is 11.2 Å². The minimum atomic E-state index is 0.0494. The highest BCUT2D eigenvalue weighted by Crippen LogP contribution is 2.30. The topological polar surface area (TPSA) is 37.8 Å². The maximum Gasteiger partial charge on any atom is 0.143 e. The molecule has 0 aliphatic heterocycles. The van der Waals surface area contributed by atoms with Crippen LogP contribution in [0, 0.1) is 3.57 Å². The van der Waals surface area contributed by atoms with Crippen molar-refractivity contribution in [2.45, 2.75) is 52.2 Å². The van der Waals surface area contributed by atoms with E-state index in [-0.39, 0.29) is 5.41 Å². The summed E-state index contributed by atoms with van der Waals surface area (Å²) in [5.74, 6) is 3.98. The number of hydrogen-bond donors (Lipinski definition) is 1. The molecule has 0 saturated carbocycles. The Kier molecular flexibility index (Phi) is 6.86. The van der Waals surface area contributed by atoms with Gasteiger partial charge in [0.2, 0.25) is 0 Å². The number of thioether (sulfide) groups is 1. The number of anilines is 1. The molecule has 1 heterocycles. The second-order valence-electron chi connectivity index (χ2n) is 5.48. The SMILES string of the molecule is CCCSCc1nc(NCC)c(I)c(C(C)(C)C)n1. The maximum absolute atomic E-state index is 4.78. The van der Waals surface area contributed by atoms with Gasteiger partial charge in [0.15, 0.2) is 0 Å². The van der Waals surface area contributed by atoms with Crippen molar-refractivity contribution in [1.82, 2.24) is 9.97 Å². The molecule has 1 aromatic rings. The first kappa shape index (κ1) is 17.0. The van der Waals surface area contributed by atoms with E-state index in [1.165, 1.54) is 6.42 Å². The fourth-order valence-corrected chi connectivity index (χ4v) is 3.63. The molecule has 0 bridgehead atoms. The zero-order chi connectivity index (χ0) is 14.5. The van der Waals surface area contributed by atoms with E-state index in [0.29, 0.717) is 0 Å². The number of aromatic nitrogens is 2. The second-order valence-corrected chi connectivity index (χ2v) is 7.67. The van der Waals surface area contributed by atoms with Gasteiger partial charge in [-0.15, -0.1) is 0 Å². The average Bonchev–Trinajstić information content (AvgIpc) is 2.32. The average molecular weight is 393 g/mol. The summed E-state index contributed by atoms with van der Waals surface area (Å²) in [4.78, 5) is 9.44. The van der Waals surface area contributed by atoms with Gasteiger partial charge in [-0.25, -0.2) is 9.97 Å². The van der Waals surface area contributed by atoms with Crippen molar-refractivity contribution < 1.29 is 0 Å². The van der Waals surface area contributed by atoms with Crippen molar-refractivity contribution >= 4 is 40.2 Å². The lowest BCUT2D eigenvalue weighted by molar-refractivity contribution is 0.560. The zero-order valence-electron chi connectivity index (χ0n) is 12.5. The molecule has 1 N–H and O–H groups in total. The summed E-state index contributed by atoms with van der Waals surface area (Å²) >= 11 is 4.26. The molecule has 0 aromatic carbocycles. The quantitative estimate of drug-likeness (QED) is 0.572. The van der Waals surface area contributed by atoms with Gasteiger partial charge in [0.05, 0.1) is 15.0 Å². The van der Waals surface area contributed by atoms with Gasteiger partial charge < -0.3 is 5.32 Å². The van der Waals surface area contributed by atoms with Crippen LogP contribution in [0.5, 0.6) is 0 Å². The Labute approximate surface area is 134 Å². The van der Waals surface area contributed by atoms with E-state index < -0.39 is 0 Å². The smallest absolute Gasteiger partial charge is 0.143 e. The lowest BCUT2D eigenvalue weighted by atomic mass is 9.92. The summed E-state index contributed by atoms with van der Waals surface area (Å²) < 4.78 is 1.15. The van der Waals surface area contributed by atoms with Crippen molar-refractivity contribution in [3.05, 3.63) is 15.1 Å². The standard InChI is InChI=1S/C14H24IN3S/c1-6-8-19-9-10-17-12(14(3,4)5)11(15)13(18-10)16-7-2/h6-9H2,1-5H3,(H,16,17,18). The van der Waals surface area contributed by atoms with Crippen LogP contribution in [0.1, 0.15) is 52.6 Å². The van der Waals surface area contributed by atoms with E-state index in [4.69, 9.17) is 4.98 Å². The van der Waals surface area contributed by atoms with E-state index in [1.807, 2.05) is 11.8 Å². The predicted octanol–water partition coefficient (Wildman–Crippen LogP) is 4.45. The summed E-state index contributed by atoms with van der Waals surface area (Å²) in [7, 11) is 0. The minimum absolute atomic E-state index is 0.0494. The molecule has 0 atom stereocenters. The molecule has 1 aromatic heterocycles. The normalized spacial score (nSPS) is 11.7. The molecule has 0 unspecified atom stereocenters. The molecule has 0 amide bonds. The Morgan fingerprint density at radius 3 is 2.42 bits per heavy atom. The molecule has 108 valence electrons. The van der Waals surface area contributed by atoms with Gasteiger partial charge in [0.1, 0.15) is 11.6 Å². The highest BCUT2D eigenvalue weighted by molar-refractivity contribution is 14.1. The molecule has 0 aliphatic rings. The Balaban J connectivity index is 3.08. The Morgan fingerprint density at radius 1 is 1.21 bits per heavy atom.